The van der Waals surface area contributed by atoms with Crippen molar-refractivity contribution in [2.45, 2.75) is 44.3 Å². The maximum absolute atomic E-state index is 13.5. The van der Waals surface area contributed by atoms with Gasteiger partial charge in [0.25, 0.3) is 5.56 Å². The lowest BCUT2D eigenvalue weighted by Crippen LogP contribution is -2.35. The number of thioether (sulfide) groups is 1. The van der Waals surface area contributed by atoms with Crippen molar-refractivity contribution in [3.8, 4) is 5.69 Å². The average molecular weight is 474 g/mol. The van der Waals surface area contributed by atoms with Gasteiger partial charge in [-0.3, -0.25) is 14.2 Å². The van der Waals surface area contributed by atoms with Crippen LogP contribution in [0.4, 0.5) is 5.69 Å². The molecular weight excluding hydrogens is 446 g/mol. The van der Waals surface area contributed by atoms with E-state index in [2.05, 4.69) is 12.0 Å². The monoisotopic (exact) mass is 473 g/mol. The smallest absolute Gasteiger partial charge is 0.265 e. The van der Waals surface area contributed by atoms with Crippen LogP contribution in [0.5, 0.6) is 0 Å². The van der Waals surface area contributed by atoms with Crippen molar-refractivity contribution < 1.29 is 4.79 Å². The number of unbranched alkanes of at least 4 members (excludes halogenated alkanes) is 1. The number of aryl methyl sites for hydroxylation is 1. The van der Waals surface area contributed by atoms with Crippen molar-refractivity contribution in [2.24, 2.45) is 0 Å². The molecule has 5 rings (SSSR count). The Balaban J connectivity index is 1.47. The zero-order valence-corrected chi connectivity index (χ0v) is 20.2. The molecule has 1 atom stereocenters. The van der Waals surface area contributed by atoms with Crippen molar-refractivity contribution >= 4 is 34.4 Å². The Morgan fingerprint density at radius 1 is 1.15 bits per heavy atom. The zero-order chi connectivity index (χ0) is 23.7. The van der Waals surface area contributed by atoms with Gasteiger partial charge in [0.1, 0.15) is 5.39 Å². The number of hydrogen-bond donors (Lipinski definition) is 0. The first-order chi connectivity index (χ1) is 16.6. The molecule has 0 bridgehead atoms. The third kappa shape index (κ3) is 4.03. The number of nitrogens with zero attached hydrogens (tertiary/aromatic N) is 5. The number of aromatic nitrogens is 4. The first kappa shape index (κ1) is 22.4. The van der Waals surface area contributed by atoms with Gasteiger partial charge in [-0.15, -0.1) is 0 Å². The van der Waals surface area contributed by atoms with Crippen LogP contribution >= 0.6 is 11.8 Å². The van der Waals surface area contributed by atoms with Crippen LogP contribution in [0, 0.1) is 6.92 Å². The Hall–Kier alpha value is -3.39. The number of anilines is 1. The van der Waals surface area contributed by atoms with E-state index < -0.39 is 0 Å². The molecule has 7 nitrogen and oxygen atoms in total. The Labute approximate surface area is 202 Å². The Morgan fingerprint density at radius 2 is 1.91 bits per heavy atom. The van der Waals surface area contributed by atoms with E-state index >= 15 is 0 Å². The summed E-state index contributed by atoms with van der Waals surface area (Å²) in [6.07, 6.45) is 3.78. The molecule has 1 amide bonds. The van der Waals surface area contributed by atoms with Gasteiger partial charge in [-0.2, -0.15) is 5.10 Å². The van der Waals surface area contributed by atoms with Crippen LogP contribution in [0.3, 0.4) is 0 Å². The van der Waals surface area contributed by atoms with Gasteiger partial charge >= 0.3 is 0 Å². The number of fused-ring (bicyclic) bond motifs is 2. The summed E-state index contributed by atoms with van der Waals surface area (Å²) in [5.41, 5.74) is 3.27. The Kier molecular flexibility index (Phi) is 6.24. The van der Waals surface area contributed by atoms with Gasteiger partial charge in [-0.25, -0.2) is 9.67 Å². The van der Waals surface area contributed by atoms with Gasteiger partial charge in [0.15, 0.2) is 10.8 Å². The highest BCUT2D eigenvalue weighted by atomic mass is 32.2. The fraction of sp³-hybridized carbons (Fsp3) is 0.308. The van der Waals surface area contributed by atoms with Crippen LogP contribution in [0.15, 0.2) is 70.7 Å². The Bertz CT molecular complexity index is 1400. The first-order valence-electron chi connectivity index (χ1n) is 11.6. The second kappa shape index (κ2) is 9.46. The highest BCUT2D eigenvalue weighted by Gasteiger charge is 2.31. The first-order valence-corrected chi connectivity index (χ1v) is 12.6. The lowest BCUT2D eigenvalue weighted by atomic mass is 10.1. The van der Waals surface area contributed by atoms with Crippen molar-refractivity contribution in [1.82, 2.24) is 19.3 Å². The molecular formula is C26H27N5O2S. The summed E-state index contributed by atoms with van der Waals surface area (Å²) in [5, 5.41) is 5.59. The number of para-hydroxylation sites is 2. The predicted molar refractivity (Wildman–Crippen MR) is 136 cm³/mol. The van der Waals surface area contributed by atoms with Gasteiger partial charge < -0.3 is 4.90 Å². The van der Waals surface area contributed by atoms with Gasteiger partial charge in [-0.1, -0.05) is 61.5 Å². The molecule has 4 aromatic rings. The normalized spacial score (nSPS) is 14.9. The minimum atomic E-state index is -0.230. The van der Waals surface area contributed by atoms with E-state index in [9.17, 15) is 9.59 Å². The highest BCUT2D eigenvalue weighted by molar-refractivity contribution is 7.99. The summed E-state index contributed by atoms with van der Waals surface area (Å²) >= 11 is 1.52. The number of carbonyl (C=O) groups is 1. The van der Waals surface area contributed by atoms with Crippen molar-refractivity contribution in [1.29, 1.82) is 0 Å². The second-order valence-electron chi connectivity index (χ2n) is 8.55. The van der Waals surface area contributed by atoms with Crippen LogP contribution in [0.1, 0.15) is 37.8 Å². The molecule has 1 unspecified atom stereocenters. The molecule has 2 aromatic carbocycles. The molecule has 3 heterocycles. The molecule has 8 heteroatoms. The number of rotatable bonds is 7. The summed E-state index contributed by atoms with van der Waals surface area (Å²) in [6, 6.07) is 17.4. The van der Waals surface area contributed by atoms with E-state index in [0.29, 0.717) is 28.5 Å². The zero-order valence-electron chi connectivity index (χ0n) is 19.3. The van der Waals surface area contributed by atoms with E-state index in [4.69, 9.17) is 4.98 Å². The van der Waals surface area contributed by atoms with Crippen LogP contribution in [0.25, 0.3) is 16.7 Å². The lowest BCUT2D eigenvalue weighted by molar-refractivity contribution is -0.119. The molecule has 2 aromatic heterocycles. The van der Waals surface area contributed by atoms with Crippen molar-refractivity contribution in [3.05, 3.63) is 76.7 Å². The molecule has 0 spiro atoms. The quantitative estimate of drug-likeness (QED) is 0.362. The molecule has 0 saturated carbocycles. The molecule has 1 aliphatic rings. The second-order valence-corrected chi connectivity index (χ2v) is 9.54. The molecule has 0 aliphatic carbocycles. The summed E-state index contributed by atoms with van der Waals surface area (Å²) in [7, 11) is 0. The van der Waals surface area contributed by atoms with E-state index in [1.165, 1.54) is 11.8 Å². The summed E-state index contributed by atoms with van der Waals surface area (Å²) in [4.78, 5) is 33.5. The summed E-state index contributed by atoms with van der Waals surface area (Å²) in [5.74, 6) is 0.676. The fourth-order valence-corrected chi connectivity index (χ4v) is 5.52. The fourth-order valence-electron chi connectivity index (χ4n) is 4.39. The highest BCUT2D eigenvalue weighted by Crippen LogP contribution is 2.34. The van der Waals surface area contributed by atoms with Gasteiger partial charge in [0.2, 0.25) is 5.91 Å². The Morgan fingerprint density at radius 3 is 2.68 bits per heavy atom. The number of carbonyl (C=O) groups excluding carboxylic acids is 1. The molecule has 1 aliphatic heterocycles. The molecule has 0 fully saturated rings. The third-order valence-corrected chi connectivity index (χ3v) is 7.33. The van der Waals surface area contributed by atoms with Crippen LogP contribution < -0.4 is 10.5 Å². The minimum Gasteiger partial charge on any atom is -0.312 e. The maximum atomic E-state index is 13.5. The topological polar surface area (TPSA) is 73.0 Å². The molecule has 0 saturated heterocycles. The van der Waals surface area contributed by atoms with E-state index in [-0.39, 0.29) is 23.9 Å². The largest absolute Gasteiger partial charge is 0.312 e. The lowest BCUT2D eigenvalue weighted by Gasteiger charge is -2.24. The summed E-state index contributed by atoms with van der Waals surface area (Å²) < 4.78 is 3.42. The van der Waals surface area contributed by atoms with Crippen molar-refractivity contribution in [3.63, 3.8) is 0 Å². The molecule has 34 heavy (non-hydrogen) atoms. The van der Waals surface area contributed by atoms with Gasteiger partial charge in [0.05, 0.1) is 17.9 Å². The number of benzene rings is 2. The number of hydrogen-bond acceptors (Lipinski definition) is 5. The minimum absolute atomic E-state index is 0.0284. The number of amides is 1. The summed E-state index contributed by atoms with van der Waals surface area (Å²) in [6.45, 7) is 4.79. The van der Waals surface area contributed by atoms with Crippen LogP contribution in [-0.4, -0.2) is 37.5 Å². The SMILES string of the molecule is CCCCN(C(=O)CC1CSc2nc3c(cnn3-c3ccccc3C)c(=O)n21)c1ccccc1. The maximum Gasteiger partial charge on any atom is 0.265 e. The van der Waals surface area contributed by atoms with E-state index in [1.54, 1.807) is 15.4 Å². The average Bonchev–Trinajstić information content (AvgIpc) is 3.45. The predicted octanol–water partition coefficient (Wildman–Crippen LogP) is 4.76. The molecule has 174 valence electrons. The van der Waals surface area contributed by atoms with Gasteiger partial charge in [0, 0.05) is 24.4 Å². The third-order valence-electron chi connectivity index (χ3n) is 6.23. The molecule has 0 N–H and O–H groups in total. The molecule has 0 radical (unpaired) electrons. The van der Waals surface area contributed by atoms with Crippen molar-refractivity contribution in [2.75, 3.05) is 17.2 Å². The van der Waals surface area contributed by atoms with Gasteiger partial charge in [-0.05, 0) is 37.1 Å². The van der Waals surface area contributed by atoms with E-state index in [0.717, 1.165) is 29.8 Å². The van der Waals surface area contributed by atoms with Crippen LogP contribution in [-0.2, 0) is 4.79 Å². The van der Waals surface area contributed by atoms with E-state index in [1.807, 2.05) is 66.4 Å². The standard InChI is InChI=1S/C26H27N5O2S/c1-3-4-14-29(19-11-6-5-7-12-19)23(32)15-20-17-34-26-28-24-21(25(33)30(20)26)16-27-31(24)22-13-9-8-10-18(22)2/h5-13,16,20H,3-4,14-15,17H2,1-2H3. The van der Waals surface area contributed by atoms with Crippen LogP contribution in [0.2, 0.25) is 0 Å².